The number of carboxylic acid groups (broad SMARTS) is 1. The van der Waals surface area contributed by atoms with Crippen LogP contribution in [0.5, 0.6) is 17.2 Å². The number of fused-ring (bicyclic) bond motifs is 1. The monoisotopic (exact) mass is 705 g/mol. The first kappa shape index (κ1) is 34.3. The van der Waals surface area contributed by atoms with E-state index in [2.05, 4.69) is 40.8 Å². The van der Waals surface area contributed by atoms with Gasteiger partial charge in [-0.2, -0.15) is 4.80 Å². The van der Waals surface area contributed by atoms with Crippen LogP contribution in [-0.2, 0) is 32.4 Å². The van der Waals surface area contributed by atoms with Gasteiger partial charge in [0.05, 0.1) is 24.4 Å². The van der Waals surface area contributed by atoms with Crippen LogP contribution in [0.1, 0.15) is 11.5 Å². The van der Waals surface area contributed by atoms with Crippen LogP contribution in [0.15, 0.2) is 51.0 Å². The first-order valence-corrected chi connectivity index (χ1v) is 15.1. The van der Waals surface area contributed by atoms with Crippen molar-refractivity contribution >= 4 is 51.7 Å². The van der Waals surface area contributed by atoms with E-state index in [0.717, 1.165) is 27.2 Å². The number of carbonyl (C=O) groups is 3. The van der Waals surface area contributed by atoms with E-state index in [4.69, 9.17) is 10.6 Å². The average Bonchev–Trinajstić information content (AvgIpc) is 3.69. The van der Waals surface area contributed by atoms with Crippen LogP contribution >= 0.6 is 23.1 Å². The van der Waals surface area contributed by atoms with E-state index < -0.39 is 52.8 Å². The molecule has 5 heterocycles. The number of thiazole rings is 1. The van der Waals surface area contributed by atoms with E-state index in [1.807, 2.05) is 0 Å². The van der Waals surface area contributed by atoms with Crippen molar-refractivity contribution in [1.29, 1.82) is 0 Å². The van der Waals surface area contributed by atoms with Crippen LogP contribution in [0.3, 0.4) is 0 Å². The average molecular weight is 706 g/mol. The van der Waals surface area contributed by atoms with Crippen LogP contribution in [0.4, 0.5) is 5.13 Å². The number of carbonyl (C=O) groups excluding carboxylic acids is 3. The Hall–Kier alpha value is -5.03. The minimum atomic E-state index is -1.62. The van der Waals surface area contributed by atoms with Gasteiger partial charge in [0.15, 0.2) is 34.7 Å². The number of hydrogen-bond acceptors (Lipinski definition) is 18. The second kappa shape index (κ2) is 14.0. The molecular weight excluding hydrogens is 685 g/mol. The number of anilines is 1. The molecule has 6 rings (SSSR count). The normalized spacial score (nSPS) is 17.3. The van der Waals surface area contributed by atoms with Crippen LogP contribution < -0.4 is 51.3 Å². The Morgan fingerprint density at radius 2 is 2.00 bits per heavy atom. The summed E-state index contributed by atoms with van der Waals surface area (Å²) in [5, 5.41) is 59.9. The maximum atomic E-state index is 13.3. The molecule has 1 saturated heterocycles. The summed E-state index contributed by atoms with van der Waals surface area (Å²) >= 11 is 2.19. The largest absolute Gasteiger partial charge is 1.00 e. The first-order chi connectivity index (χ1) is 22.5. The van der Waals surface area contributed by atoms with E-state index in [0.29, 0.717) is 5.56 Å². The number of thioether (sulfide) groups is 1. The number of aromatic nitrogens is 7. The van der Waals surface area contributed by atoms with Crippen molar-refractivity contribution in [2.24, 2.45) is 5.16 Å². The fraction of sp³-hybridized carbons (Fsp3) is 0.200. The van der Waals surface area contributed by atoms with E-state index in [1.54, 1.807) is 0 Å². The van der Waals surface area contributed by atoms with Crippen molar-refractivity contribution < 1.29 is 69.2 Å². The van der Waals surface area contributed by atoms with Crippen LogP contribution in [0.25, 0.3) is 11.4 Å². The number of hydrogen-bond donors (Lipinski definition) is 6. The van der Waals surface area contributed by atoms with Crippen molar-refractivity contribution in [3.63, 3.8) is 0 Å². The summed E-state index contributed by atoms with van der Waals surface area (Å²) in [5.74, 6) is -4.38. The number of phenols is 2. The van der Waals surface area contributed by atoms with Crippen molar-refractivity contribution in [3.05, 3.63) is 62.9 Å². The molecule has 2 aliphatic heterocycles. The topological polar surface area (TPSA) is 300 Å². The Morgan fingerprint density at radius 1 is 1.21 bits per heavy atom. The number of rotatable bonds is 10. The summed E-state index contributed by atoms with van der Waals surface area (Å²) in [6, 6.07) is 2.78. The molecular formula is C25H20N11NaO9S2. The fourth-order valence-corrected chi connectivity index (χ4v) is 6.40. The molecule has 7 N–H and O–H groups in total. The molecule has 0 saturated carbocycles. The quantitative estimate of drug-likeness (QED) is 0.0295. The molecule has 2 amide bonds. The summed E-state index contributed by atoms with van der Waals surface area (Å²) in [4.78, 5) is 67.7. The van der Waals surface area contributed by atoms with E-state index in [9.17, 15) is 39.6 Å². The molecule has 3 aromatic heterocycles. The van der Waals surface area contributed by atoms with E-state index in [1.165, 1.54) is 35.3 Å². The number of aromatic amines is 1. The van der Waals surface area contributed by atoms with Gasteiger partial charge in [0.2, 0.25) is 5.82 Å². The predicted molar refractivity (Wildman–Crippen MR) is 158 cm³/mol. The van der Waals surface area contributed by atoms with Crippen molar-refractivity contribution in [1.82, 2.24) is 45.4 Å². The number of benzene rings is 1. The number of nitrogens with two attached hydrogens (primary N) is 1. The van der Waals surface area contributed by atoms with Crippen LogP contribution in [0.2, 0.25) is 0 Å². The number of phenolic OH excluding ortho intramolecular Hbond substituents is 2. The summed E-state index contributed by atoms with van der Waals surface area (Å²) in [6.45, 7) is -0.565. The summed E-state index contributed by atoms with van der Waals surface area (Å²) in [6.07, 6.45) is 0.913. The molecule has 48 heavy (non-hydrogen) atoms. The summed E-state index contributed by atoms with van der Waals surface area (Å²) in [5.41, 5.74) is 4.76. The fourth-order valence-electron chi connectivity index (χ4n) is 4.52. The van der Waals surface area contributed by atoms with E-state index >= 15 is 0 Å². The van der Waals surface area contributed by atoms with Gasteiger partial charge in [-0.05, 0) is 29.0 Å². The van der Waals surface area contributed by atoms with Gasteiger partial charge in [0, 0.05) is 16.7 Å². The Bertz CT molecular complexity index is 2050. The van der Waals surface area contributed by atoms with E-state index in [-0.39, 0.29) is 87.1 Å². The van der Waals surface area contributed by atoms with Crippen molar-refractivity contribution in [2.45, 2.75) is 24.6 Å². The molecule has 0 radical (unpaired) electrons. The number of aromatic hydroxyl groups is 3. The maximum Gasteiger partial charge on any atom is 1.00 e. The molecule has 0 spiro atoms. The molecule has 242 valence electrons. The second-order valence-corrected chi connectivity index (χ2v) is 11.8. The first-order valence-electron chi connectivity index (χ1n) is 13.2. The molecule has 1 fully saturated rings. The van der Waals surface area contributed by atoms with Crippen molar-refractivity contribution in [2.75, 3.05) is 11.5 Å². The zero-order valence-corrected chi connectivity index (χ0v) is 28.1. The SMILES string of the molecule is Nc1nc(/C(=N/OCc2ncc(O)c(=O)[nH]2)C(=O)N[C@@H]2C(=O)N3C(C(=O)[O-])=C(Cn4nnc(-c5ccc(O)c(O)c5)n4)CS[C@H]23)cs1.[Na+]. The van der Waals surface area contributed by atoms with Gasteiger partial charge in [0.25, 0.3) is 17.4 Å². The Balaban J connectivity index is 0.00000451. The molecule has 23 heteroatoms. The number of H-pyrrole nitrogens is 1. The number of nitrogens with zero attached hydrogens (tertiary/aromatic N) is 8. The molecule has 0 bridgehead atoms. The molecule has 2 atom stereocenters. The van der Waals surface area contributed by atoms with Gasteiger partial charge in [-0.25, -0.2) is 9.97 Å². The zero-order valence-electron chi connectivity index (χ0n) is 24.4. The molecule has 1 aromatic carbocycles. The molecule has 20 nitrogen and oxygen atoms in total. The van der Waals surface area contributed by atoms with Gasteiger partial charge in [-0.1, -0.05) is 5.16 Å². The summed E-state index contributed by atoms with van der Waals surface area (Å²) in [7, 11) is 0. The Morgan fingerprint density at radius 3 is 2.69 bits per heavy atom. The number of amides is 2. The van der Waals surface area contributed by atoms with Gasteiger partial charge in [-0.15, -0.1) is 33.3 Å². The third-order valence-electron chi connectivity index (χ3n) is 6.72. The van der Waals surface area contributed by atoms with Gasteiger partial charge < -0.3 is 46.1 Å². The molecule has 0 unspecified atom stereocenters. The molecule has 4 aromatic rings. The minimum absolute atomic E-state index is 0. The maximum absolute atomic E-state index is 13.3. The number of oxime groups is 1. The predicted octanol–water partition coefficient (Wildman–Crippen LogP) is -5.39. The Kier molecular flexibility index (Phi) is 10.00. The molecule has 2 aliphatic rings. The Labute approximate surface area is 297 Å². The summed E-state index contributed by atoms with van der Waals surface area (Å²) < 4.78 is 0. The standard InChI is InChI=1S/C25H21N11O9S2.Na/c26-25-28-11(8-47-25)16(33-45-6-15-27-4-14(39)20(40)29-15)21(41)30-17-22(42)36-18(24(43)44)10(7-46-23(17)36)5-35-32-19(31-34-35)9-1-2-12(37)13(38)3-9;/h1-4,8,17,23,37-39H,5-7H2,(H2,26,28)(H,30,41)(H,43,44)(H,27,29,40);/q;+1/p-1/b33-16-;/t17-,23-;/m1./s1. The number of carboxylic acids is 1. The van der Waals surface area contributed by atoms with Gasteiger partial charge in [-0.3, -0.25) is 19.3 Å². The van der Waals surface area contributed by atoms with Crippen LogP contribution in [-0.4, -0.2) is 96.0 Å². The number of nitrogens with one attached hydrogen (secondary N) is 2. The smallest absolute Gasteiger partial charge is 0.543 e. The van der Waals surface area contributed by atoms with Gasteiger partial charge >= 0.3 is 29.6 Å². The van der Waals surface area contributed by atoms with Crippen LogP contribution in [0, 0.1) is 0 Å². The molecule has 0 aliphatic carbocycles. The van der Waals surface area contributed by atoms with Gasteiger partial charge in [0.1, 0.15) is 22.9 Å². The van der Waals surface area contributed by atoms with Crippen molar-refractivity contribution in [3.8, 4) is 28.6 Å². The number of β-lactam (4-membered cyclic amide) rings is 1. The number of aliphatic carboxylic acids is 1. The zero-order chi connectivity index (χ0) is 33.4. The number of tetrazole rings is 1. The number of nitrogen functional groups attached to an aromatic ring is 1. The third-order valence-corrected chi connectivity index (χ3v) is 8.73. The minimum Gasteiger partial charge on any atom is -0.543 e. The second-order valence-electron chi connectivity index (χ2n) is 9.78. The third kappa shape index (κ3) is 6.82.